The molecule has 0 bridgehead atoms. The van der Waals surface area contributed by atoms with Crippen LogP contribution < -0.4 is 5.73 Å². The topological polar surface area (TPSA) is 66.5 Å². The van der Waals surface area contributed by atoms with Crippen LogP contribution in [0, 0.1) is 0 Å². The molecule has 0 aliphatic heterocycles. The standard InChI is InChI=1S/C5H10F3NO2/c6-5(7,8)4(10,11)2-1-3-9/h10-11H,1-3,9H2. The van der Waals surface area contributed by atoms with Crippen LogP contribution in [0.25, 0.3) is 0 Å². The molecule has 0 aromatic rings. The predicted molar refractivity (Wildman–Crippen MR) is 31.5 cm³/mol. The zero-order chi connectivity index (χ0) is 9.12. The van der Waals surface area contributed by atoms with Crippen molar-refractivity contribution in [2.75, 3.05) is 6.54 Å². The maximum Gasteiger partial charge on any atom is 0.442 e. The van der Waals surface area contributed by atoms with Gasteiger partial charge in [0.05, 0.1) is 0 Å². The van der Waals surface area contributed by atoms with E-state index in [1.807, 2.05) is 0 Å². The van der Waals surface area contributed by atoms with Gasteiger partial charge in [-0.2, -0.15) is 13.2 Å². The van der Waals surface area contributed by atoms with E-state index >= 15 is 0 Å². The summed E-state index contributed by atoms with van der Waals surface area (Å²) in [5, 5.41) is 16.7. The van der Waals surface area contributed by atoms with Gasteiger partial charge < -0.3 is 15.9 Å². The Morgan fingerprint density at radius 1 is 1.18 bits per heavy atom. The van der Waals surface area contributed by atoms with Crippen molar-refractivity contribution < 1.29 is 23.4 Å². The van der Waals surface area contributed by atoms with E-state index in [4.69, 9.17) is 15.9 Å². The van der Waals surface area contributed by atoms with Gasteiger partial charge in [-0.05, 0) is 13.0 Å². The first kappa shape index (κ1) is 10.7. The first-order chi connectivity index (χ1) is 4.81. The molecule has 0 aliphatic carbocycles. The Kier molecular flexibility index (Phi) is 3.28. The molecule has 68 valence electrons. The molecular formula is C5H10F3NO2. The molecule has 11 heavy (non-hydrogen) atoms. The Bertz CT molecular complexity index is 123. The lowest BCUT2D eigenvalue weighted by molar-refractivity contribution is -0.351. The number of rotatable bonds is 3. The van der Waals surface area contributed by atoms with Gasteiger partial charge in [-0.1, -0.05) is 0 Å². The fourth-order valence-corrected chi connectivity index (χ4v) is 0.490. The van der Waals surface area contributed by atoms with Gasteiger partial charge in [0, 0.05) is 6.42 Å². The number of halogens is 3. The minimum Gasteiger partial charge on any atom is -0.359 e. The maximum absolute atomic E-state index is 11.6. The fraction of sp³-hybridized carbons (Fsp3) is 1.00. The summed E-state index contributed by atoms with van der Waals surface area (Å²) >= 11 is 0. The summed E-state index contributed by atoms with van der Waals surface area (Å²) in [5.74, 6) is -3.59. The van der Waals surface area contributed by atoms with Crippen molar-refractivity contribution in [1.29, 1.82) is 0 Å². The van der Waals surface area contributed by atoms with E-state index in [2.05, 4.69) is 0 Å². The number of nitrogens with two attached hydrogens (primary N) is 1. The van der Waals surface area contributed by atoms with Crippen LogP contribution in [-0.4, -0.2) is 28.7 Å². The van der Waals surface area contributed by atoms with Gasteiger partial charge in [-0.15, -0.1) is 0 Å². The summed E-state index contributed by atoms with van der Waals surface area (Å²) < 4.78 is 34.8. The van der Waals surface area contributed by atoms with Crippen molar-refractivity contribution in [2.45, 2.75) is 24.8 Å². The van der Waals surface area contributed by atoms with E-state index in [1.54, 1.807) is 0 Å². The SMILES string of the molecule is NCCCC(O)(O)C(F)(F)F. The summed E-state index contributed by atoms with van der Waals surface area (Å²) in [7, 11) is 0. The van der Waals surface area contributed by atoms with Gasteiger partial charge >= 0.3 is 6.18 Å². The molecule has 0 aliphatic rings. The average Bonchev–Trinajstić information content (AvgIpc) is 1.81. The van der Waals surface area contributed by atoms with Crippen LogP contribution in [0.15, 0.2) is 0 Å². The molecule has 0 rings (SSSR count). The van der Waals surface area contributed by atoms with Crippen LogP contribution in [0.4, 0.5) is 13.2 Å². The van der Waals surface area contributed by atoms with E-state index in [9.17, 15) is 13.2 Å². The summed E-state index contributed by atoms with van der Waals surface area (Å²) in [4.78, 5) is 0. The average molecular weight is 173 g/mol. The van der Waals surface area contributed by atoms with Gasteiger partial charge in [0.25, 0.3) is 5.79 Å². The van der Waals surface area contributed by atoms with Crippen LogP contribution >= 0.6 is 0 Å². The van der Waals surface area contributed by atoms with E-state index in [0.717, 1.165) is 0 Å². The number of hydrogen-bond donors (Lipinski definition) is 3. The molecule has 0 spiro atoms. The van der Waals surface area contributed by atoms with Crippen LogP contribution in [0.1, 0.15) is 12.8 Å². The van der Waals surface area contributed by atoms with E-state index < -0.39 is 18.4 Å². The van der Waals surface area contributed by atoms with Crippen LogP contribution in [-0.2, 0) is 0 Å². The third-order valence-corrected chi connectivity index (χ3v) is 1.18. The molecule has 0 radical (unpaired) electrons. The number of alkyl halides is 3. The summed E-state index contributed by atoms with van der Waals surface area (Å²) in [5.41, 5.74) is 4.89. The lowest BCUT2D eigenvalue weighted by atomic mass is 10.1. The van der Waals surface area contributed by atoms with Gasteiger partial charge in [0.15, 0.2) is 0 Å². The second kappa shape index (κ2) is 3.38. The number of hydrogen-bond acceptors (Lipinski definition) is 3. The monoisotopic (exact) mass is 173 g/mol. The molecule has 0 fully saturated rings. The molecule has 0 atom stereocenters. The minimum atomic E-state index is -5.00. The largest absolute Gasteiger partial charge is 0.442 e. The zero-order valence-corrected chi connectivity index (χ0v) is 5.73. The second-order valence-corrected chi connectivity index (χ2v) is 2.21. The van der Waals surface area contributed by atoms with E-state index in [1.165, 1.54) is 0 Å². The fourth-order valence-electron chi connectivity index (χ4n) is 0.490. The van der Waals surface area contributed by atoms with Crippen molar-refractivity contribution in [3.63, 3.8) is 0 Å². The normalized spacial score (nSPS) is 13.6. The van der Waals surface area contributed by atoms with Crippen LogP contribution in [0.3, 0.4) is 0 Å². The minimum absolute atomic E-state index is 0.00104. The van der Waals surface area contributed by atoms with Crippen molar-refractivity contribution in [3.05, 3.63) is 0 Å². The summed E-state index contributed by atoms with van der Waals surface area (Å²) in [6.07, 6.45) is -5.86. The molecule has 3 nitrogen and oxygen atoms in total. The Morgan fingerprint density at radius 2 is 1.64 bits per heavy atom. The summed E-state index contributed by atoms with van der Waals surface area (Å²) in [6, 6.07) is 0. The highest BCUT2D eigenvalue weighted by molar-refractivity contribution is 4.73. The Hall–Kier alpha value is -0.330. The van der Waals surface area contributed by atoms with Crippen LogP contribution in [0.5, 0.6) is 0 Å². The van der Waals surface area contributed by atoms with E-state index in [-0.39, 0.29) is 13.0 Å². The molecular weight excluding hydrogens is 163 g/mol. The molecule has 0 aromatic heterocycles. The molecule has 4 N–H and O–H groups in total. The van der Waals surface area contributed by atoms with Crippen LogP contribution in [0.2, 0.25) is 0 Å². The van der Waals surface area contributed by atoms with Crippen molar-refractivity contribution in [1.82, 2.24) is 0 Å². The molecule has 0 heterocycles. The van der Waals surface area contributed by atoms with E-state index in [0.29, 0.717) is 0 Å². The van der Waals surface area contributed by atoms with Gasteiger partial charge in [-0.25, -0.2) is 0 Å². The molecule has 0 saturated heterocycles. The smallest absolute Gasteiger partial charge is 0.359 e. The zero-order valence-electron chi connectivity index (χ0n) is 5.73. The van der Waals surface area contributed by atoms with Gasteiger partial charge in [0.2, 0.25) is 0 Å². The van der Waals surface area contributed by atoms with Crippen molar-refractivity contribution in [2.24, 2.45) is 5.73 Å². The lowest BCUT2D eigenvalue weighted by Gasteiger charge is -2.23. The summed E-state index contributed by atoms with van der Waals surface area (Å²) in [6.45, 7) is -0.00104. The molecule has 0 saturated carbocycles. The highest BCUT2D eigenvalue weighted by atomic mass is 19.4. The Balaban J connectivity index is 4.00. The highest BCUT2D eigenvalue weighted by Gasteiger charge is 2.51. The third kappa shape index (κ3) is 3.04. The first-order valence-electron chi connectivity index (χ1n) is 3.03. The van der Waals surface area contributed by atoms with Crippen molar-refractivity contribution >= 4 is 0 Å². The highest BCUT2D eigenvalue weighted by Crippen LogP contribution is 2.31. The molecule has 0 unspecified atom stereocenters. The quantitative estimate of drug-likeness (QED) is 0.525. The maximum atomic E-state index is 11.6. The number of aliphatic hydroxyl groups is 2. The molecule has 0 amide bonds. The Labute approximate surface area is 61.6 Å². The first-order valence-corrected chi connectivity index (χ1v) is 3.03. The van der Waals surface area contributed by atoms with Crippen molar-refractivity contribution in [3.8, 4) is 0 Å². The van der Waals surface area contributed by atoms with Gasteiger partial charge in [-0.3, -0.25) is 0 Å². The molecule has 0 aromatic carbocycles. The lowest BCUT2D eigenvalue weighted by Crippen LogP contribution is -2.45. The second-order valence-electron chi connectivity index (χ2n) is 2.21. The predicted octanol–water partition coefficient (Wildman–Crippen LogP) is -0.0315. The van der Waals surface area contributed by atoms with Gasteiger partial charge in [0.1, 0.15) is 0 Å². The third-order valence-electron chi connectivity index (χ3n) is 1.18. The Morgan fingerprint density at radius 3 is 1.91 bits per heavy atom. The molecule has 6 heteroatoms.